The highest BCUT2D eigenvalue weighted by atomic mass is 16.5. The Morgan fingerprint density at radius 1 is 0.977 bits per heavy atom. The molecule has 4 atom stereocenters. The normalized spacial score (nSPS) is 28.6. The van der Waals surface area contributed by atoms with Crippen LogP contribution in [0.2, 0.25) is 0 Å². The van der Waals surface area contributed by atoms with E-state index in [9.17, 15) is 15.0 Å². The highest BCUT2D eigenvalue weighted by Crippen LogP contribution is 2.66. The third-order valence-corrected chi connectivity index (χ3v) is 11.2. The third-order valence-electron chi connectivity index (χ3n) is 11.2. The molecule has 5 aliphatic rings. The fraction of sp³-hybridized carbons (Fsp3) is 0.757. The molecule has 6 nitrogen and oxygen atoms in total. The van der Waals surface area contributed by atoms with Crippen LogP contribution in [0, 0.1) is 5.92 Å². The molecule has 2 heterocycles. The van der Waals surface area contributed by atoms with Gasteiger partial charge < -0.3 is 20.1 Å². The molecule has 6 rings (SSSR count). The van der Waals surface area contributed by atoms with E-state index in [2.05, 4.69) is 18.4 Å². The van der Waals surface area contributed by atoms with Crippen LogP contribution in [-0.4, -0.2) is 57.0 Å². The molecule has 0 unspecified atom stereocenters. The lowest BCUT2D eigenvalue weighted by Gasteiger charge is -2.63. The molecule has 0 aromatic heterocycles. The van der Waals surface area contributed by atoms with Crippen LogP contribution in [0.4, 0.5) is 0 Å². The number of carbonyl (C=O) groups is 1. The number of aliphatic hydroxyl groups is 1. The molecule has 1 saturated heterocycles. The van der Waals surface area contributed by atoms with Gasteiger partial charge in [-0.15, -0.1) is 0 Å². The van der Waals surface area contributed by atoms with E-state index in [0.29, 0.717) is 12.2 Å². The van der Waals surface area contributed by atoms with Crippen LogP contribution < -0.4 is 4.74 Å². The molecular formula is C37H57NO5. The van der Waals surface area contributed by atoms with E-state index in [4.69, 9.17) is 9.84 Å². The summed E-state index contributed by atoms with van der Waals surface area (Å²) in [6.07, 6.45) is 23.1. The van der Waals surface area contributed by atoms with Gasteiger partial charge in [0.25, 0.3) is 0 Å². The standard InChI is InChI=1S/C21H25NO3.C16H32O2/c1-12-6-7-21(24)16-10-14-4-5-15(23)18-17(14)20(21,19(12)25-18)8-9-22(16)11-13-2-3-13;1-2-3-4-5-6-7-8-9-10-11-12-13-14-15-16(17)18/h4-5,13,16,19,23-24H,1-3,6-11H2;2-15H2,1H3,(H,17,18)/t16-,19+,20+,21-;/m1./s1. The fourth-order valence-electron chi connectivity index (χ4n) is 8.69. The topological polar surface area (TPSA) is 90.2 Å². The molecule has 2 aliphatic heterocycles. The second-order valence-electron chi connectivity index (χ2n) is 14.3. The Morgan fingerprint density at radius 2 is 1.60 bits per heavy atom. The number of benzene rings is 1. The van der Waals surface area contributed by atoms with Gasteiger partial charge in [0.2, 0.25) is 0 Å². The van der Waals surface area contributed by atoms with Gasteiger partial charge in [-0.3, -0.25) is 9.69 Å². The average molecular weight is 596 g/mol. The minimum Gasteiger partial charge on any atom is -0.504 e. The van der Waals surface area contributed by atoms with E-state index in [1.54, 1.807) is 6.07 Å². The maximum Gasteiger partial charge on any atom is 0.303 e. The molecule has 0 amide bonds. The minimum absolute atomic E-state index is 0.157. The number of aromatic hydroxyl groups is 1. The number of phenols is 1. The fourth-order valence-corrected chi connectivity index (χ4v) is 8.69. The largest absolute Gasteiger partial charge is 0.504 e. The molecule has 0 radical (unpaired) electrons. The van der Waals surface area contributed by atoms with Crippen LogP contribution in [0.15, 0.2) is 24.3 Å². The summed E-state index contributed by atoms with van der Waals surface area (Å²) < 4.78 is 6.29. The monoisotopic (exact) mass is 595 g/mol. The maximum atomic E-state index is 12.1. The Morgan fingerprint density at radius 3 is 2.21 bits per heavy atom. The first-order valence-electron chi connectivity index (χ1n) is 17.7. The summed E-state index contributed by atoms with van der Waals surface area (Å²) in [4.78, 5) is 12.9. The van der Waals surface area contributed by atoms with Crippen LogP contribution in [0.5, 0.6) is 11.5 Å². The van der Waals surface area contributed by atoms with Gasteiger partial charge in [-0.2, -0.15) is 0 Å². The predicted molar refractivity (Wildman–Crippen MR) is 172 cm³/mol. The number of piperidine rings is 1. The number of carboxylic acid groups (broad SMARTS) is 1. The van der Waals surface area contributed by atoms with Crippen LogP contribution in [-0.2, 0) is 16.6 Å². The van der Waals surface area contributed by atoms with Gasteiger partial charge in [0, 0.05) is 24.6 Å². The van der Waals surface area contributed by atoms with E-state index in [0.717, 1.165) is 68.7 Å². The number of nitrogens with zero attached hydrogens (tertiary/aromatic N) is 1. The Labute approximate surface area is 259 Å². The van der Waals surface area contributed by atoms with Gasteiger partial charge in [0.1, 0.15) is 6.10 Å². The smallest absolute Gasteiger partial charge is 0.303 e. The lowest BCUT2D eigenvalue weighted by atomic mass is 9.48. The Kier molecular flexibility index (Phi) is 10.8. The second-order valence-corrected chi connectivity index (χ2v) is 14.3. The first-order chi connectivity index (χ1) is 20.8. The molecule has 6 heteroatoms. The summed E-state index contributed by atoms with van der Waals surface area (Å²) in [5.41, 5.74) is 2.21. The van der Waals surface area contributed by atoms with Gasteiger partial charge in [-0.05, 0) is 74.6 Å². The maximum absolute atomic E-state index is 12.1. The van der Waals surface area contributed by atoms with Crippen molar-refractivity contribution in [3.63, 3.8) is 0 Å². The molecule has 240 valence electrons. The van der Waals surface area contributed by atoms with Crippen molar-refractivity contribution < 1.29 is 24.9 Å². The zero-order valence-corrected chi connectivity index (χ0v) is 26.8. The minimum atomic E-state index is -0.780. The van der Waals surface area contributed by atoms with Crippen molar-refractivity contribution in [3.05, 3.63) is 35.4 Å². The first kappa shape index (κ1) is 32.3. The van der Waals surface area contributed by atoms with E-state index in [1.165, 1.54) is 89.0 Å². The van der Waals surface area contributed by atoms with Gasteiger partial charge in [0.15, 0.2) is 11.5 Å². The van der Waals surface area contributed by atoms with Crippen LogP contribution in [0.3, 0.4) is 0 Å². The van der Waals surface area contributed by atoms with Crippen LogP contribution in [0.1, 0.15) is 140 Å². The van der Waals surface area contributed by atoms with Crippen molar-refractivity contribution in [2.45, 2.75) is 159 Å². The molecular weight excluding hydrogens is 538 g/mol. The number of likely N-dealkylation sites (tertiary alicyclic amines) is 1. The molecule has 3 N–H and O–H groups in total. The highest BCUT2D eigenvalue weighted by Gasteiger charge is 2.71. The Bertz CT molecular complexity index is 1110. The number of rotatable bonds is 16. The lowest BCUT2D eigenvalue weighted by Crippen LogP contribution is -2.75. The first-order valence-corrected chi connectivity index (χ1v) is 17.7. The molecule has 1 aromatic carbocycles. The number of ether oxygens (including phenoxy) is 1. The van der Waals surface area contributed by atoms with Gasteiger partial charge in [-0.25, -0.2) is 0 Å². The number of unbranched alkanes of at least 4 members (excludes halogenated alkanes) is 12. The molecule has 3 fully saturated rings. The number of hydrogen-bond donors (Lipinski definition) is 3. The summed E-state index contributed by atoms with van der Waals surface area (Å²) in [5.74, 6) is 0.983. The molecule has 2 saturated carbocycles. The van der Waals surface area contributed by atoms with E-state index < -0.39 is 17.0 Å². The molecule has 3 aliphatic carbocycles. The zero-order chi connectivity index (χ0) is 30.5. The van der Waals surface area contributed by atoms with E-state index >= 15 is 0 Å². The van der Waals surface area contributed by atoms with Crippen molar-refractivity contribution in [1.29, 1.82) is 0 Å². The van der Waals surface area contributed by atoms with Crippen molar-refractivity contribution >= 4 is 5.97 Å². The summed E-state index contributed by atoms with van der Waals surface area (Å²) in [7, 11) is 0. The van der Waals surface area contributed by atoms with Gasteiger partial charge in [-0.1, -0.05) is 96.6 Å². The lowest BCUT2D eigenvalue weighted by molar-refractivity contribution is -0.174. The highest BCUT2D eigenvalue weighted by molar-refractivity contribution is 5.66. The van der Waals surface area contributed by atoms with Gasteiger partial charge in [0.05, 0.1) is 11.0 Å². The number of carboxylic acids is 1. The number of aliphatic carboxylic acids is 1. The molecule has 43 heavy (non-hydrogen) atoms. The summed E-state index contributed by atoms with van der Waals surface area (Å²) in [5, 5.41) is 31.0. The van der Waals surface area contributed by atoms with Crippen molar-refractivity contribution in [2.24, 2.45) is 5.92 Å². The third kappa shape index (κ3) is 6.81. The molecule has 1 spiro atoms. The quantitative estimate of drug-likeness (QED) is 0.132. The Balaban J connectivity index is 0.000000184. The zero-order valence-electron chi connectivity index (χ0n) is 26.8. The number of hydrogen-bond acceptors (Lipinski definition) is 5. The molecule has 1 aromatic rings. The van der Waals surface area contributed by atoms with Gasteiger partial charge >= 0.3 is 5.97 Å². The van der Waals surface area contributed by atoms with Crippen LogP contribution in [0.25, 0.3) is 0 Å². The SMILES string of the molecule is C=C1CC[C@@]2(O)[C@H]3Cc4ccc(O)c5c4[C@@]2(CCN3CC2CC2)[C@H]1O5.CCCCCCCCCCCCCCCC(=O)O. The summed E-state index contributed by atoms with van der Waals surface area (Å²) in [6, 6.07) is 3.96. The van der Waals surface area contributed by atoms with E-state index in [-0.39, 0.29) is 17.9 Å². The number of phenolic OH excluding ortho intramolecular Hbond substituents is 1. The summed E-state index contributed by atoms with van der Waals surface area (Å²) >= 11 is 0. The second kappa shape index (κ2) is 14.4. The van der Waals surface area contributed by atoms with Crippen LogP contribution >= 0.6 is 0 Å². The summed E-state index contributed by atoms with van der Waals surface area (Å²) in [6.45, 7) is 8.66. The van der Waals surface area contributed by atoms with Crippen molar-refractivity contribution in [2.75, 3.05) is 13.1 Å². The average Bonchev–Trinajstić information content (AvgIpc) is 3.73. The van der Waals surface area contributed by atoms with E-state index in [1.807, 2.05) is 6.07 Å². The Hall–Kier alpha value is -2.05. The van der Waals surface area contributed by atoms with Crippen molar-refractivity contribution in [1.82, 2.24) is 4.90 Å². The van der Waals surface area contributed by atoms with Crippen molar-refractivity contribution in [3.8, 4) is 11.5 Å². The molecule has 2 bridgehead atoms. The predicted octanol–water partition coefficient (Wildman–Crippen LogP) is 8.06.